The second-order valence-electron chi connectivity index (χ2n) is 5.62. The molecule has 0 aliphatic heterocycles. The highest BCUT2D eigenvalue weighted by Gasteiger charge is 2.20. The molecule has 1 N–H and O–H groups in total. The van der Waals surface area contributed by atoms with E-state index in [9.17, 15) is 9.59 Å². The van der Waals surface area contributed by atoms with Gasteiger partial charge >= 0.3 is 0 Å². The first kappa shape index (κ1) is 17.4. The Labute approximate surface area is 152 Å². The summed E-state index contributed by atoms with van der Waals surface area (Å²) in [7, 11) is 0. The first-order valence-corrected chi connectivity index (χ1v) is 8.38. The predicted molar refractivity (Wildman–Crippen MR) is 102 cm³/mol. The van der Waals surface area contributed by atoms with Crippen molar-refractivity contribution in [3.8, 4) is 0 Å². The topological polar surface area (TPSA) is 62.3 Å². The molecule has 1 heterocycles. The van der Waals surface area contributed by atoms with Gasteiger partial charge in [-0.05, 0) is 43.3 Å². The molecule has 0 aliphatic carbocycles. The maximum absolute atomic E-state index is 13.1. The van der Waals surface area contributed by atoms with Gasteiger partial charge in [0, 0.05) is 30.2 Å². The molecule has 5 heteroatoms. The molecule has 0 atom stereocenters. The van der Waals surface area contributed by atoms with Crippen molar-refractivity contribution in [2.24, 2.45) is 0 Å². The molecule has 3 aromatic rings. The Morgan fingerprint density at radius 3 is 2.27 bits per heavy atom. The normalized spacial score (nSPS) is 10.2. The molecular formula is C21H19N3O2. The summed E-state index contributed by atoms with van der Waals surface area (Å²) in [4.78, 5) is 31.1. The van der Waals surface area contributed by atoms with Gasteiger partial charge in [0.05, 0.1) is 11.3 Å². The standard InChI is InChI=1S/C21H19N3O2/c1-2-24(17-8-4-3-5-9-17)21(26)18-10-6-7-11-19(18)23-20(25)16-12-14-22-15-13-16/h3-15H,2H2,1H3,(H,23,25). The zero-order valence-electron chi connectivity index (χ0n) is 14.4. The number of aromatic nitrogens is 1. The van der Waals surface area contributed by atoms with Gasteiger partial charge in [-0.3, -0.25) is 14.6 Å². The van der Waals surface area contributed by atoms with Crippen LogP contribution in [0.2, 0.25) is 0 Å². The molecule has 2 aromatic carbocycles. The van der Waals surface area contributed by atoms with Crippen LogP contribution in [-0.4, -0.2) is 23.3 Å². The van der Waals surface area contributed by atoms with Gasteiger partial charge in [0.1, 0.15) is 0 Å². The van der Waals surface area contributed by atoms with Crippen molar-refractivity contribution < 1.29 is 9.59 Å². The molecule has 0 radical (unpaired) electrons. The van der Waals surface area contributed by atoms with Gasteiger partial charge in [-0.25, -0.2) is 0 Å². The highest BCUT2D eigenvalue weighted by atomic mass is 16.2. The number of nitrogens with one attached hydrogen (secondary N) is 1. The van der Waals surface area contributed by atoms with Crippen LogP contribution in [0.5, 0.6) is 0 Å². The Hall–Kier alpha value is -3.47. The lowest BCUT2D eigenvalue weighted by Gasteiger charge is -2.22. The Morgan fingerprint density at radius 2 is 1.58 bits per heavy atom. The quantitative estimate of drug-likeness (QED) is 0.760. The number of anilines is 2. The summed E-state index contributed by atoms with van der Waals surface area (Å²) < 4.78 is 0. The molecule has 5 nitrogen and oxygen atoms in total. The van der Waals surface area contributed by atoms with E-state index in [0.717, 1.165) is 5.69 Å². The SMILES string of the molecule is CCN(C(=O)c1ccccc1NC(=O)c1ccncc1)c1ccccc1. The van der Waals surface area contributed by atoms with Crippen LogP contribution < -0.4 is 10.2 Å². The van der Waals surface area contributed by atoms with Gasteiger partial charge in [-0.15, -0.1) is 0 Å². The lowest BCUT2D eigenvalue weighted by Crippen LogP contribution is -2.31. The van der Waals surface area contributed by atoms with E-state index in [4.69, 9.17) is 0 Å². The largest absolute Gasteiger partial charge is 0.321 e. The van der Waals surface area contributed by atoms with E-state index in [1.54, 1.807) is 53.7 Å². The zero-order valence-corrected chi connectivity index (χ0v) is 14.4. The minimum atomic E-state index is -0.282. The molecule has 0 saturated carbocycles. The summed E-state index contributed by atoms with van der Waals surface area (Å²) in [5, 5.41) is 2.82. The third-order valence-corrected chi connectivity index (χ3v) is 3.98. The first-order valence-electron chi connectivity index (χ1n) is 8.38. The fraction of sp³-hybridized carbons (Fsp3) is 0.0952. The second kappa shape index (κ2) is 8.07. The molecule has 130 valence electrons. The number of nitrogens with zero attached hydrogens (tertiary/aromatic N) is 2. The van der Waals surface area contributed by atoms with Gasteiger partial charge in [0.2, 0.25) is 0 Å². The van der Waals surface area contributed by atoms with E-state index in [-0.39, 0.29) is 11.8 Å². The molecule has 2 amide bonds. The number of benzene rings is 2. The number of pyridine rings is 1. The van der Waals surface area contributed by atoms with E-state index >= 15 is 0 Å². The van der Waals surface area contributed by atoms with E-state index in [1.807, 2.05) is 37.3 Å². The zero-order chi connectivity index (χ0) is 18.4. The average molecular weight is 345 g/mol. The van der Waals surface area contributed by atoms with Gasteiger partial charge in [0.15, 0.2) is 0 Å². The van der Waals surface area contributed by atoms with Gasteiger partial charge in [-0.1, -0.05) is 30.3 Å². The van der Waals surface area contributed by atoms with Crippen LogP contribution in [0.4, 0.5) is 11.4 Å². The average Bonchev–Trinajstić information content (AvgIpc) is 2.70. The maximum atomic E-state index is 13.1. The number of carbonyl (C=O) groups excluding carboxylic acids is 2. The Bertz CT molecular complexity index is 895. The highest BCUT2D eigenvalue weighted by Crippen LogP contribution is 2.22. The highest BCUT2D eigenvalue weighted by molar-refractivity contribution is 6.13. The lowest BCUT2D eigenvalue weighted by atomic mass is 10.1. The fourth-order valence-electron chi connectivity index (χ4n) is 2.67. The summed E-state index contributed by atoms with van der Waals surface area (Å²) in [6.07, 6.45) is 3.11. The van der Waals surface area contributed by atoms with Crippen LogP contribution in [0, 0.1) is 0 Å². The summed E-state index contributed by atoms with van der Waals surface area (Å²) in [5.41, 5.74) is 2.22. The summed E-state index contributed by atoms with van der Waals surface area (Å²) in [5.74, 6) is -0.445. The smallest absolute Gasteiger partial charge is 0.260 e. The number of carbonyl (C=O) groups is 2. The van der Waals surface area contributed by atoms with Crippen molar-refractivity contribution in [1.29, 1.82) is 0 Å². The van der Waals surface area contributed by atoms with Gasteiger partial charge in [0.25, 0.3) is 11.8 Å². The number of amides is 2. The van der Waals surface area contributed by atoms with Crippen molar-refractivity contribution in [2.45, 2.75) is 6.92 Å². The molecule has 0 aliphatic rings. The molecular weight excluding hydrogens is 326 g/mol. The second-order valence-corrected chi connectivity index (χ2v) is 5.62. The third kappa shape index (κ3) is 3.78. The van der Waals surface area contributed by atoms with Crippen LogP contribution >= 0.6 is 0 Å². The molecule has 26 heavy (non-hydrogen) atoms. The van der Waals surface area contributed by atoms with E-state index < -0.39 is 0 Å². The fourth-order valence-corrected chi connectivity index (χ4v) is 2.67. The van der Waals surface area contributed by atoms with Crippen molar-refractivity contribution >= 4 is 23.2 Å². The lowest BCUT2D eigenvalue weighted by molar-refractivity contribution is 0.0989. The van der Waals surface area contributed by atoms with E-state index in [0.29, 0.717) is 23.4 Å². The van der Waals surface area contributed by atoms with Crippen molar-refractivity contribution in [3.05, 3.63) is 90.3 Å². The molecule has 0 saturated heterocycles. The van der Waals surface area contributed by atoms with Crippen LogP contribution in [0.25, 0.3) is 0 Å². The maximum Gasteiger partial charge on any atom is 0.260 e. The summed E-state index contributed by atoms with van der Waals surface area (Å²) in [6, 6.07) is 19.7. The van der Waals surface area contributed by atoms with Gasteiger partial charge in [-0.2, -0.15) is 0 Å². The van der Waals surface area contributed by atoms with Crippen molar-refractivity contribution in [1.82, 2.24) is 4.98 Å². The van der Waals surface area contributed by atoms with Crippen molar-refractivity contribution in [2.75, 3.05) is 16.8 Å². The molecule has 0 bridgehead atoms. The van der Waals surface area contributed by atoms with E-state index in [1.165, 1.54) is 0 Å². The van der Waals surface area contributed by atoms with Crippen LogP contribution in [0.1, 0.15) is 27.6 Å². The number of para-hydroxylation sites is 2. The van der Waals surface area contributed by atoms with Gasteiger partial charge < -0.3 is 10.2 Å². The Balaban J connectivity index is 1.89. The Kier molecular flexibility index (Phi) is 5.39. The summed E-state index contributed by atoms with van der Waals surface area (Å²) >= 11 is 0. The molecule has 0 unspecified atom stereocenters. The minimum Gasteiger partial charge on any atom is -0.321 e. The number of hydrogen-bond donors (Lipinski definition) is 1. The number of rotatable bonds is 5. The minimum absolute atomic E-state index is 0.163. The van der Waals surface area contributed by atoms with Crippen LogP contribution in [-0.2, 0) is 0 Å². The molecule has 0 fully saturated rings. The number of hydrogen-bond acceptors (Lipinski definition) is 3. The monoisotopic (exact) mass is 345 g/mol. The third-order valence-electron chi connectivity index (χ3n) is 3.98. The summed E-state index contributed by atoms with van der Waals surface area (Å²) in [6.45, 7) is 2.44. The molecule has 1 aromatic heterocycles. The van der Waals surface area contributed by atoms with Crippen molar-refractivity contribution in [3.63, 3.8) is 0 Å². The predicted octanol–water partition coefficient (Wildman–Crippen LogP) is 4.00. The van der Waals surface area contributed by atoms with Crippen LogP contribution in [0.3, 0.4) is 0 Å². The first-order chi connectivity index (χ1) is 12.7. The Morgan fingerprint density at radius 1 is 0.923 bits per heavy atom. The molecule has 0 spiro atoms. The molecule has 3 rings (SSSR count). The van der Waals surface area contributed by atoms with Crippen LogP contribution in [0.15, 0.2) is 79.1 Å². The van der Waals surface area contributed by atoms with E-state index in [2.05, 4.69) is 10.3 Å².